The third-order valence-corrected chi connectivity index (χ3v) is 5.32. The highest BCUT2D eigenvalue weighted by Crippen LogP contribution is 2.40. The molecular formula is C16H14O5S. The first-order valence-electron chi connectivity index (χ1n) is 6.64. The lowest BCUT2D eigenvalue weighted by Crippen LogP contribution is -2.15. The number of sulfone groups is 1. The van der Waals surface area contributed by atoms with Crippen molar-refractivity contribution in [2.45, 2.75) is 17.6 Å². The molecule has 0 amide bonds. The molecule has 1 aliphatic heterocycles. The number of carbonyl (C=O) groups is 1. The lowest BCUT2D eigenvalue weighted by atomic mass is 9.98. The van der Waals surface area contributed by atoms with Crippen LogP contribution < -0.4 is 4.74 Å². The molecule has 0 aromatic heterocycles. The molecule has 114 valence electrons. The Bertz CT molecular complexity index is 868. The van der Waals surface area contributed by atoms with Crippen molar-refractivity contribution in [1.29, 1.82) is 0 Å². The molecule has 0 fully saturated rings. The molecule has 0 aliphatic carbocycles. The Labute approximate surface area is 128 Å². The van der Waals surface area contributed by atoms with Crippen molar-refractivity contribution in [3.63, 3.8) is 0 Å². The molecule has 0 saturated heterocycles. The van der Waals surface area contributed by atoms with Gasteiger partial charge in [0.25, 0.3) is 0 Å². The van der Waals surface area contributed by atoms with Crippen molar-refractivity contribution in [2.24, 2.45) is 0 Å². The second-order valence-corrected chi connectivity index (χ2v) is 7.04. The van der Waals surface area contributed by atoms with E-state index in [0.29, 0.717) is 11.1 Å². The molecule has 0 radical (unpaired) electrons. The van der Waals surface area contributed by atoms with Crippen LogP contribution in [-0.4, -0.2) is 21.7 Å². The summed E-state index contributed by atoms with van der Waals surface area (Å²) in [5.41, 5.74) is 2.96. The van der Waals surface area contributed by atoms with E-state index in [4.69, 9.17) is 4.74 Å². The summed E-state index contributed by atoms with van der Waals surface area (Å²) in [4.78, 5) is 11.4. The second kappa shape index (κ2) is 5.14. The van der Waals surface area contributed by atoms with E-state index >= 15 is 0 Å². The molecule has 22 heavy (non-hydrogen) atoms. The van der Waals surface area contributed by atoms with Gasteiger partial charge >= 0.3 is 6.16 Å². The van der Waals surface area contributed by atoms with E-state index in [-0.39, 0.29) is 16.4 Å². The topological polar surface area (TPSA) is 69.7 Å². The monoisotopic (exact) mass is 318 g/mol. The second-order valence-electron chi connectivity index (χ2n) is 5.09. The minimum absolute atomic E-state index is 0.0586. The van der Waals surface area contributed by atoms with Gasteiger partial charge in [0, 0.05) is 11.6 Å². The van der Waals surface area contributed by atoms with Crippen LogP contribution in [0.15, 0.2) is 41.3 Å². The van der Waals surface area contributed by atoms with Crippen LogP contribution in [0.25, 0.3) is 11.1 Å². The van der Waals surface area contributed by atoms with Gasteiger partial charge in [0.1, 0.15) is 5.75 Å². The fourth-order valence-electron chi connectivity index (χ4n) is 2.57. The highest BCUT2D eigenvalue weighted by molar-refractivity contribution is 7.90. The molecule has 2 aromatic rings. The molecule has 1 aliphatic rings. The van der Waals surface area contributed by atoms with E-state index < -0.39 is 16.0 Å². The molecule has 0 N–H and O–H groups in total. The van der Waals surface area contributed by atoms with Crippen molar-refractivity contribution in [3.05, 3.63) is 47.5 Å². The number of hydrogen-bond acceptors (Lipinski definition) is 5. The SMILES string of the molecule is COC(=O)Oc1cc2c(cc1C)-c1ccccc1CS2(=O)=O. The Morgan fingerprint density at radius 2 is 1.86 bits per heavy atom. The fraction of sp³-hybridized carbons (Fsp3) is 0.188. The number of fused-ring (bicyclic) bond motifs is 3. The Balaban J connectivity index is 2.22. The molecule has 3 rings (SSSR count). The number of hydrogen-bond donors (Lipinski definition) is 0. The molecule has 1 heterocycles. The van der Waals surface area contributed by atoms with E-state index in [2.05, 4.69) is 4.74 Å². The summed E-state index contributed by atoms with van der Waals surface area (Å²) < 4.78 is 34.4. The molecule has 0 unspecified atom stereocenters. The van der Waals surface area contributed by atoms with Crippen molar-refractivity contribution in [3.8, 4) is 16.9 Å². The number of methoxy groups -OCH3 is 1. The summed E-state index contributed by atoms with van der Waals surface area (Å²) in [6.07, 6.45) is -0.878. The molecule has 6 heteroatoms. The van der Waals surface area contributed by atoms with Crippen LogP contribution in [0.3, 0.4) is 0 Å². The highest BCUT2D eigenvalue weighted by atomic mass is 32.2. The van der Waals surface area contributed by atoms with E-state index in [9.17, 15) is 13.2 Å². The number of carbonyl (C=O) groups excluding carboxylic acids is 1. The Hall–Kier alpha value is -2.34. The van der Waals surface area contributed by atoms with Gasteiger partial charge in [-0.15, -0.1) is 0 Å². The fourth-order valence-corrected chi connectivity index (χ4v) is 4.18. The van der Waals surface area contributed by atoms with E-state index in [1.54, 1.807) is 13.0 Å². The average molecular weight is 318 g/mol. The maximum Gasteiger partial charge on any atom is 0.513 e. The maximum absolute atomic E-state index is 12.5. The van der Waals surface area contributed by atoms with Gasteiger partial charge in [-0.1, -0.05) is 24.3 Å². The molecule has 0 spiro atoms. The van der Waals surface area contributed by atoms with Crippen LogP contribution >= 0.6 is 0 Å². The first-order chi connectivity index (χ1) is 10.4. The summed E-state index contributed by atoms with van der Waals surface area (Å²) in [6.45, 7) is 1.75. The Kier molecular flexibility index (Phi) is 3.41. The molecule has 0 atom stereocenters. The van der Waals surface area contributed by atoms with Crippen molar-refractivity contribution in [2.75, 3.05) is 7.11 Å². The molecule has 0 saturated carbocycles. The number of aryl methyl sites for hydroxylation is 1. The Morgan fingerprint density at radius 3 is 2.59 bits per heavy atom. The normalized spacial score (nSPS) is 14.6. The number of ether oxygens (including phenoxy) is 2. The van der Waals surface area contributed by atoms with Crippen LogP contribution in [0.4, 0.5) is 4.79 Å². The summed E-state index contributed by atoms with van der Waals surface area (Å²) in [7, 11) is -2.27. The summed E-state index contributed by atoms with van der Waals surface area (Å²) in [6, 6.07) is 10.5. The molecule has 2 aromatic carbocycles. The van der Waals surface area contributed by atoms with Gasteiger partial charge in [0.05, 0.1) is 17.8 Å². The van der Waals surface area contributed by atoms with Gasteiger partial charge in [-0.3, -0.25) is 0 Å². The average Bonchev–Trinajstić information content (AvgIpc) is 2.48. The zero-order valence-electron chi connectivity index (χ0n) is 12.1. The number of rotatable bonds is 1. The summed E-state index contributed by atoms with van der Waals surface area (Å²) in [5, 5.41) is 0. The Morgan fingerprint density at radius 1 is 1.14 bits per heavy atom. The first kappa shape index (κ1) is 14.6. The van der Waals surface area contributed by atoms with E-state index in [0.717, 1.165) is 11.1 Å². The zero-order chi connectivity index (χ0) is 15.9. The van der Waals surface area contributed by atoms with E-state index in [1.165, 1.54) is 13.2 Å². The van der Waals surface area contributed by atoms with Crippen molar-refractivity contribution in [1.82, 2.24) is 0 Å². The smallest absolute Gasteiger partial charge is 0.437 e. The molecular weight excluding hydrogens is 304 g/mol. The van der Waals surface area contributed by atoms with Crippen LogP contribution in [-0.2, 0) is 20.3 Å². The molecule has 5 nitrogen and oxygen atoms in total. The first-order valence-corrected chi connectivity index (χ1v) is 8.29. The summed E-state index contributed by atoms with van der Waals surface area (Å²) in [5.74, 6) is 0.130. The molecule has 0 bridgehead atoms. The third kappa shape index (κ3) is 2.35. The predicted molar refractivity (Wildman–Crippen MR) is 80.5 cm³/mol. The lowest BCUT2D eigenvalue weighted by molar-refractivity contribution is 0.121. The van der Waals surface area contributed by atoms with E-state index in [1.807, 2.05) is 24.3 Å². The van der Waals surface area contributed by atoms with Gasteiger partial charge < -0.3 is 9.47 Å². The van der Waals surface area contributed by atoms with Gasteiger partial charge in [-0.05, 0) is 29.7 Å². The van der Waals surface area contributed by atoms with Crippen LogP contribution in [0.1, 0.15) is 11.1 Å². The third-order valence-electron chi connectivity index (χ3n) is 3.63. The van der Waals surface area contributed by atoms with Crippen LogP contribution in [0.5, 0.6) is 5.75 Å². The lowest BCUT2D eigenvalue weighted by Gasteiger charge is -2.21. The van der Waals surface area contributed by atoms with Gasteiger partial charge in [-0.2, -0.15) is 0 Å². The van der Waals surface area contributed by atoms with Gasteiger partial charge in [0.2, 0.25) is 0 Å². The van der Waals surface area contributed by atoms with Gasteiger partial charge in [0.15, 0.2) is 9.84 Å². The van der Waals surface area contributed by atoms with Gasteiger partial charge in [-0.25, -0.2) is 13.2 Å². The zero-order valence-corrected chi connectivity index (χ0v) is 12.9. The predicted octanol–water partition coefficient (Wildman–Crippen LogP) is 3.09. The quantitative estimate of drug-likeness (QED) is 0.597. The van der Waals surface area contributed by atoms with Crippen LogP contribution in [0, 0.1) is 6.92 Å². The minimum atomic E-state index is -3.47. The maximum atomic E-state index is 12.5. The van der Waals surface area contributed by atoms with Crippen molar-refractivity contribution >= 4 is 16.0 Å². The van der Waals surface area contributed by atoms with Crippen molar-refractivity contribution < 1.29 is 22.7 Å². The standard InChI is InChI=1S/C16H14O5S/c1-10-7-13-12-6-4-3-5-11(12)9-22(18,19)15(13)8-14(10)21-16(17)20-2/h3-8H,9H2,1-2H3. The summed E-state index contributed by atoms with van der Waals surface area (Å²) >= 11 is 0. The largest absolute Gasteiger partial charge is 0.513 e. The van der Waals surface area contributed by atoms with Crippen LogP contribution in [0.2, 0.25) is 0 Å². The minimum Gasteiger partial charge on any atom is -0.437 e. The number of benzene rings is 2. The highest BCUT2D eigenvalue weighted by Gasteiger charge is 2.29.